The van der Waals surface area contributed by atoms with Gasteiger partial charge in [-0.3, -0.25) is 0 Å². The van der Waals surface area contributed by atoms with Gasteiger partial charge in [0.15, 0.2) is 11.5 Å². The summed E-state index contributed by atoms with van der Waals surface area (Å²) in [6.45, 7) is 2.96. The minimum absolute atomic E-state index is 0.436. The number of methoxy groups -OCH3 is 1. The third kappa shape index (κ3) is 4.38. The molecule has 4 aromatic rings. The molecular weight excluding hydrogens is 410 g/mol. The molecule has 0 bridgehead atoms. The maximum absolute atomic E-state index is 5.92. The highest BCUT2D eigenvalue weighted by Gasteiger charge is 2.12. The Kier molecular flexibility index (Phi) is 5.73. The predicted octanol–water partition coefficient (Wildman–Crippen LogP) is 4.57. The van der Waals surface area contributed by atoms with Crippen LogP contribution in [0.1, 0.15) is 12.6 Å². The van der Waals surface area contributed by atoms with E-state index >= 15 is 0 Å². The number of tetrazole rings is 1. The molecule has 0 amide bonds. The van der Waals surface area contributed by atoms with E-state index in [1.165, 1.54) is 4.80 Å². The van der Waals surface area contributed by atoms with Crippen molar-refractivity contribution >= 4 is 22.9 Å². The van der Waals surface area contributed by atoms with Crippen LogP contribution in [-0.4, -0.2) is 38.9 Å². The van der Waals surface area contributed by atoms with Crippen molar-refractivity contribution in [2.45, 2.75) is 13.5 Å². The molecule has 29 heavy (non-hydrogen) atoms. The van der Waals surface area contributed by atoms with Gasteiger partial charge in [-0.05, 0) is 54.6 Å². The minimum atomic E-state index is 0.436. The topological polar surface area (TPSA) is 75.0 Å². The second kappa shape index (κ2) is 8.59. The van der Waals surface area contributed by atoms with Crippen molar-refractivity contribution in [2.75, 3.05) is 13.7 Å². The molecule has 148 valence electrons. The lowest BCUT2D eigenvalue weighted by atomic mass is 10.2. The average Bonchev–Trinajstić information content (AvgIpc) is 3.39. The summed E-state index contributed by atoms with van der Waals surface area (Å²) in [7, 11) is 1.63. The molecule has 2 aromatic carbocycles. The SMILES string of the molecule is CCOc1ccc(-c2nc(Cn3nnc(-c4ccc(Cl)cc4)n3)cs2)cc1OC. The number of ether oxygens (including phenoxy) is 2. The number of hydrogen-bond donors (Lipinski definition) is 0. The van der Waals surface area contributed by atoms with Crippen LogP contribution < -0.4 is 9.47 Å². The summed E-state index contributed by atoms with van der Waals surface area (Å²) >= 11 is 7.48. The Morgan fingerprint density at radius 2 is 1.86 bits per heavy atom. The van der Waals surface area contributed by atoms with Crippen molar-refractivity contribution < 1.29 is 9.47 Å². The maximum Gasteiger partial charge on any atom is 0.204 e. The van der Waals surface area contributed by atoms with Crippen LogP contribution in [0.4, 0.5) is 0 Å². The highest BCUT2D eigenvalue weighted by Crippen LogP contribution is 2.33. The first-order valence-electron chi connectivity index (χ1n) is 8.95. The zero-order chi connectivity index (χ0) is 20.2. The van der Waals surface area contributed by atoms with Crippen LogP contribution in [-0.2, 0) is 6.54 Å². The normalized spacial score (nSPS) is 10.9. The van der Waals surface area contributed by atoms with Crippen LogP contribution in [0.2, 0.25) is 5.02 Å². The molecule has 0 aliphatic carbocycles. The third-order valence-electron chi connectivity index (χ3n) is 4.12. The molecule has 0 spiro atoms. The van der Waals surface area contributed by atoms with Crippen LogP contribution in [0.15, 0.2) is 47.8 Å². The second-order valence-electron chi connectivity index (χ2n) is 6.09. The molecule has 0 radical (unpaired) electrons. The number of halogens is 1. The fourth-order valence-electron chi connectivity index (χ4n) is 2.76. The molecule has 2 heterocycles. The number of hydrogen-bond acceptors (Lipinski definition) is 7. The van der Waals surface area contributed by atoms with E-state index < -0.39 is 0 Å². The fraction of sp³-hybridized carbons (Fsp3) is 0.200. The van der Waals surface area contributed by atoms with Gasteiger partial charge >= 0.3 is 0 Å². The number of benzene rings is 2. The number of nitrogens with zero attached hydrogens (tertiary/aromatic N) is 5. The van der Waals surface area contributed by atoms with Gasteiger partial charge in [-0.25, -0.2) is 4.98 Å². The van der Waals surface area contributed by atoms with Gasteiger partial charge in [-0.2, -0.15) is 4.80 Å². The second-order valence-corrected chi connectivity index (χ2v) is 7.39. The minimum Gasteiger partial charge on any atom is -0.493 e. The predicted molar refractivity (Wildman–Crippen MR) is 113 cm³/mol. The van der Waals surface area contributed by atoms with Gasteiger partial charge in [-0.15, -0.1) is 21.5 Å². The Morgan fingerprint density at radius 3 is 2.62 bits per heavy atom. The molecule has 7 nitrogen and oxygen atoms in total. The van der Waals surface area contributed by atoms with Crippen LogP contribution in [0.3, 0.4) is 0 Å². The van der Waals surface area contributed by atoms with Gasteiger partial charge in [0, 0.05) is 21.5 Å². The highest BCUT2D eigenvalue weighted by atomic mass is 35.5. The zero-order valence-electron chi connectivity index (χ0n) is 15.9. The van der Waals surface area contributed by atoms with Crippen molar-refractivity contribution in [2.24, 2.45) is 0 Å². The largest absolute Gasteiger partial charge is 0.493 e. The Labute approximate surface area is 176 Å². The van der Waals surface area contributed by atoms with E-state index in [9.17, 15) is 0 Å². The van der Waals surface area contributed by atoms with Crippen LogP contribution in [0.5, 0.6) is 11.5 Å². The van der Waals surface area contributed by atoms with E-state index in [1.807, 2.05) is 42.6 Å². The molecule has 0 aliphatic rings. The van der Waals surface area contributed by atoms with Crippen molar-refractivity contribution in [1.82, 2.24) is 25.2 Å². The van der Waals surface area contributed by atoms with E-state index in [1.54, 1.807) is 30.6 Å². The van der Waals surface area contributed by atoms with Gasteiger partial charge < -0.3 is 9.47 Å². The van der Waals surface area contributed by atoms with Crippen molar-refractivity contribution in [3.63, 3.8) is 0 Å². The molecule has 0 N–H and O–H groups in total. The van der Waals surface area contributed by atoms with Crippen LogP contribution in [0, 0.1) is 0 Å². The number of thiazole rings is 1. The number of rotatable bonds is 7. The standard InChI is InChI=1S/C20H18ClN5O2S/c1-3-28-17-9-6-14(10-18(17)27-2)20-22-16(12-29-20)11-26-24-19(23-25-26)13-4-7-15(21)8-5-13/h4-10,12H,3,11H2,1-2H3. The van der Waals surface area contributed by atoms with Gasteiger partial charge in [0.05, 0.1) is 19.4 Å². The van der Waals surface area contributed by atoms with Gasteiger partial charge in [0.25, 0.3) is 0 Å². The molecule has 0 aliphatic heterocycles. The molecule has 0 saturated carbocycles. The quantitative estimate of drug-likeness (QED) is 0.430. The fourth-order valence-corrected chi connectivity index (χ4v) is 3.69. The summed E-state index contributed by atoms with van der Waals surface area (Å²) in [4.78, 5) is 6.23. The summed E-state index contributed by atoms with van der Waals surface area (Å²) in [5.41, 5.74) is 2.69. The third-order valence-corrected chi connectivity index (χ3v) is 5.31. The summed E-state index contributed by atoms with van der Waals surface area (Å²) < 4.78 is 11.0. The van der Waals surface area contributed by atoms with Gasteiger partial charge in [0.1, 0.15) is 11.6 Å². The lowest BCUT2D eigenvalue weighted by Gasteiger charge is -2.09. The summed E-state index contributed by atoms with van der Waals surface area (Å²) in [6.07, 6.45) is 0. The van der Waals surface area contributed by atoms with Crippen molar-refractivity contribution in [3.05, 3.63) is 58.6 Å². The smallest absolute Gasteiger partial charge is 0.204 e. The molecule has 0 fully saturated rings. The lowest BCUT2D eigenvalue weighted by Crippen LogP contribution is -2.04. The molecular formula is C20H18ClN5O2S. The summed E-state index contributed by atoms with van der Waals surface area (Å²) in [6, 6.07) is 13.1. The monoisotopic (exact) mass is 427 g/mol. The van der Waals surface area contributed by atoms with Crippen LogP contribution >= 0.6 is 22.9 Å². The van der Waals surface area contributed by atoms with E-state index in [0.717, 1.165) is 27.6 Å². The zero-order valence-corrected chi connectivity index (χ0v) is 17.4. The van der Waals surface area contributed by atoms with E-state index in [2.05, 4.69) is 15.4 Å². The van der Waals surface area contributed by atoms with Gasteiger partial charge in [0.2, 0.25) is 5.82 Å². The Hall–Kier alpha value is -2.97. The van der Waals surface area contributed by atoms with E-state index in [-0.39, 0.29) is 0 Å². The molecule has 2 aromatic heterocycles. The Balaban J connectivity index is 1.51. The summed E-state index contributed by atoms with van der Waals surface area (Å²) in [5.74, 6) is 1.96. The molecule has 0 atom stereocenters. The molecule has 0 saturated heterocycles. The van der Waals surface area contributed by atoms with E-state index in [0.29, 0.717) is 29.7 Å². The Bertz CT molecular complexity index is 1110. The molecule has 9 heteroatoms. The molecule has 0 unspecified atom stereocenters. The molecule has 4 rings (SSSR count). The van der Waals surface area contributed by atoms with E-state index in [4.69, 9.17) is 26.1 Å². The Morgan fingerprint density at radius 1 is 1.07 bits per heavy atom. The first kappa shape index (κ1) is 19.4. The van der Waals surface area contributed by atoms with Crippen LogP contribution in [0.25, 0.3) is 22.0 Å². The lowest BCUT2D eigenvalue weighted by molar-refractivity contribution is 0.311. The maximum atomic E-state index is 5.92. The highest BCUT2D eigenvalue weighted by molar-refractivity contribution is 7.13. The first-order valence-corrected chi connectivity index (χ1v) is 10.2. The summed E-state index contributed by atoms with van der Waals surface area (Å²) in [5, 5.41) is 16.2. The average molecular weight is 428 g/mol. The number of aromatic nitrogens is 5. The van der Waals surface area contributed by atoms with Crippen molar-refractivity contribution in [1.29, 1.82) is 0 Å². The van der Waals surface area contributed by atoms with Crippen molar-refractivity contribution in [3.8, 4) is 33.5 Å². The van der Waals surface area contributed by atoms with Gasteiger partial charge in [-0.1, -0.05) is 11.6 Å². The first-order chi connectivity index (χ1) is 14.2.